The number of methoxy groups -OCH3 is 2. The van der Waals surface area contributed by atoms with Crippen LogP contribution in [-0.2, 0) is 9.47 Å². The third-order valence-electron chi connectivity index (χ3n) is 4.07. The second kappa shape index (κ2) is 5.84. The van der Waals surface area contributed by atoms with E-state index in [1.165, 1.54) is 27.8 Å². The zero-order valence-corrected chi connectivity index (χ0v) is 12.7. The maximum Gasteiger partial charge on any atom is 0.167 e. The van der Waals surface area contributed by atoms with E-state index in [2.05, 4.69) is 55.5 Å². The highest BCUT2D eigenvalue weighted by Crippen LogP contribution is 2.44. The molecular formula is C19H20O2. The summed E-state index contributed by atoms with van der Waals surface area (Å²) in [6, 6.07) is 17.0. The van der Waals surface area contributed by atoms with Crippen molar-refractivity contribution in [1.29, 1.82) is 0 Å². The highest BCUT2D eigenvalue weighted by atomic mass is 16.7. The zero-order valence-electron chi connectivity index (χ0n) is 12.7. The van der Waals surface area contributed by atoms with Gasteiger partial charge in [0.05, 0.1) is 5.92 Å². The molecule has 108 valence electrons. The normalized spacial score (nSPS) is 17.0. The molecule has 1 aliphatic carbocycles. The average Bonchev–Trinajstić information content (AvgIpc) is 2.88. The minimum atomic E-state index is -0.277. The molecule has 2 aromatic carbocycles. The Balaban J connectivity index is 2.11. The fourth-order valence-electron chi connectivity index (χ4n) is 3.08. The summed E-state index contributed by atoms with van der Waals surface area (Å²) in [6.07, 6.45) is 1.98. The standard InChI is InChI=1S/C19H20O2/c1-13-9-10-16-15(11-13)12-17(14-7-5-4-6-8-14)18(16)19(20-2)21-3/h4-12,18-19H,1-3H3. The van der Waals surface area contributed by atoms with Crippen LogP contribution in [0.5, 0.6) is 0 Å². The summed E-state index contributed by atoms with van der Waals surface area (Å²) in [7, 11) is 3.39. The van der Waals surface area contributed by atoms with E-state index < -0.39 is 0 Å². The second-order valence-electron chi connectivity index (χ2n) is 5.42. The average molecular weight is 280 g/mol. The molecule has 0 saturated heterocycles. The highest BCUT2D eigenvalue weighted by Gasteiger charge is 2.33. The Hall–Kier alpha value is -1.90. The van der Waals surface area contributed by atoms with Crippen LogP contribution in [0, 0.1) is 6.92 Å². The van der Waals surface area contributed by atoms with Crippen molar-refractivity contribution in [2.24, 2.45) is 0 Å². The summed E-state index contributed by atoms with van der Waals surface area (Å²) in [5.41, 5.74) is 6.27. The lowest BCUT2D eigenvalue weighted by molar-refractivity contribution is -0.107. The maximum absolute atomic E-state index is 5.56. The molecule has 0 N–H and O–H groups in total. The lowest BCUT2D eigenvalue weighted by Crippen LogP contribution is -2.23. The Labute approximate surface area is 126 Å². The molecule has 0 amide bonds. The molecule has 1 unspecified atom stereocenters. The Morgan fingerprint density at radius 2 is 1.67 bits per heavy atom. The van der Waals surface area contributed by atoms with E-state index in [9.17, 15) is 0 Å². The summed E-state index contributed by atoms with van der Waals surface area (Å²) in [5.74, 6) is 0.109. The maximum atomic E-state index is 5.56. The first kappa shape index (κ1) is 14.1. The molecular weight excluding hydrogens is 260 g/mol. The van der Waals surface area contributed by atoms with Crippen LogP contribution in [0.4, 0.5) is 0 Å². The van der Waals surface area contributed by atoms with Crippen molar-refractivity contribution in [3.8, 4) is 0 Å². The van der Waals surface area contributed by atoms with Gasteiger partial charge in [-0.1, -0.05) is 60.2 Å². The molecule has 0 fully saturated rings. The predicted molar refractivity (Wildman–Crippen MR) is 86.0 cm³/mol. The van der Waals surface area contributed by atoms with Crippen molar-refractivity contribution < 1.29 is 9.47 Å². The number of hydrogen-bond donors (Lipinski definition) is 0. The molecule has 2 nitrogen and oxygen atoms in total. The van der Waals surface area contributed by atoms with E-state index in [1.807, 2.05) is 6.07 Å². The summed E-state index contributed by atoms with van der Waals surface area (Å²) in [6.45, 7) is 2.12. The van der Waals surface area contributed by atoms with Gasteiger partial charge in [-0.05, 0) is 29.2 Å². The van der Waals surface area contributed by atoms with Gasteiger partial charge in [0, 0.05) is 14.2 Å². The van der Waals surface area contributed by atoms with Gasteiger partial charge >= 0.3 is 0 Å². The lowest BCUT2D eigenvalue weighted by atomic mass is 9.90. The van der Waals surface area contributed by atoms with E-state index >= 15 is 0 Å². The molecule has 0 radical (unpaired) electrons. The number of fused-ring (bicyclic) bond motifs is 1. The third kappa shape index (κ3) is 2.53. The molecule has 0 heterocycles. The minimum absolute atomic E-state index is 0.109. The van der Waals surface area contributed by atoms with Crippen LogP contribution in [0.3, 0.4) is 0 Å². The van der Waals surface area contributed by atoms with Crippen LogP contribution in [0.2, 0.25) is 0 Å². The smallest absolute Gasteiger partial charge is 0.167 e. The topological polar surface area (TPSA) is 18.5 Å². The molecule has 0 saturated carbocycles. The summed E-state index contributed by atoms with van der Waals surface area (Å²) >= 11 is 0. The summed E-state index contributed by atoms with van der Waals surface area (Å²) in [5, 5.41) is 0. The number of hydrogen-bond acceptors (Lipinski definition) is 2. The fourth-order valence-corrected chi connectivity index (χ4v) is 3.08. The van der Waals surface area contributed by atoms with Gasteiger partial charge in [-0.3, -0.25) is 0 Å². The largest absolute Gasteiger partial charge is 0.355 e. The van der Waals surface area contributed by atoms with Crippen LogP contribution in [0.25, 0.3) is 11.6 Å². The predicted octanol–water partition coefficient (Wildman–Crippen LogP) is 4.25. The molecule has 0 aromatic heterocycles. The molecule has 21 heavy (non-hydrogen) atoms. The van der Waals surface area contributed by atoms with Gasteiger partial charge in [0.25, 0.3) is 0 Å². The number of ether oxygens (including phenoxy) is 2. The SMILES string of the molecule is COC(OC)C1C(c2ccccc2)=Cc2cc(C)ccc21. The van der Waals surface area contributed by atoms with E-state index in [4.69, 9.17) is 9.47 Å². The van der Waals surface area contributed by atoms with E-state index in [0.29, 0.717) is 0 Å². The van der Waals surface area contributed by atoms with Crippen molar-refractivity contribution in [3.05, 3.63) is 70.8 Å². The number of aryl methyl sites for hydroxylation is 1. The van der Waals surface area contributed by atoms with Gasteiger partial charge in [0.1, 0.15) is 0 Å². The first-order valence-electron chi connectivity index (χ1n) is 7.17. The monoisotopic (exact) mass is 280 g/mol. The minimum Gasteiger partial charge on any atom is -0.355 e. The lowest BCUT2D eigenvalue weighted by Gasteiger charge is -2.25. The van der Waals surface area contributed by atoms with Crippen molar-refractivity contribution in [2.45, 2.75) is 19.1 Å². The van der Waals surface area contributed by atoms with Gasteiger partial charge in [0.15, 0.2) is 6.29 Å². The molecule has 3 rings (SSSR count). The van der Waals surface area contributed by atoms with Crippen molar-refractivity contribution in [1.82, 2.24) is 0 Å². The Morgan fingerprint density at radius 3 is 2.33 bits per heavy atom. The van der Waals surface area contributed by atoms with Gasteiger partial charge in [0.2, 0.25) is 0 Å². The molecule has 0 spiro atoms. The van der Waals surface area contributed by atoms with Crippen LogP contribution < -0.4 is 0 Å². The molecule has 1 aliphatic rings. The molecule has 0 aliphatic heterocycles. The van der Waals surface area contributed by atoms with E-state index in [1.54, 1.807) is 14.2 Å². The number of rotatable bonds is 4. The van der Waals surface area contributed by atoms with Crippen molar-refractivity contribution in [3.63, 3.8) is 0 Å². The van der Waals surface area contributed by atoms with Gasteiger partial charge in [-0.15, -0.1) is 0 Å². The van der Waals surface area contributed by atoms with Crippen LogP contribution in [-0.4, -0.2) is 20.5 Å². The second-order valence-corrected chi connectivity index (χ2v) is 5.42. The molecule has 2 heteroatoms. The van der Waals surface area contributed by atoms with Crippen LogP contribution in [0.1, 0.15) is 28.2 Å². The Bertz CT molecular complexity index is 655. The van der Waals surface area contributed by atoms with Crippen LogP contribution in [0.15, 0.2) is 48.5 Å². The number of benzene rings is 2. The summed E-state index contributed by atoms with van der Waals surface area (Å²) in [4.78, 5) is 0. The molecule has 1 atom stereocenters. The van der Waals surface area contributed by atoms with E-state index in [0.717, 1.165) is 0 Å². The summed E-state index contributed by atoms with van der Waals surface area (Å²) < 4.78 is 11.1. The Kier molecular flexibility index (Phi) is 3.91. The molecule has 0 bridgehead atoms. The van der Waals surface area contributed by atoms with Gasteiger partial charge < -0.3 is 9.47 Å². The zero-order chi connectivity index (χ0) is 14.8. The Morgan fingerprint density at radius 1 is 0.952 bits per heavy atom. The van der Waals surface area contributed by atoms with E-state index in [-0.39, 0.29) is 12.2 Å². The quantitative estimate of drug-likeness (QED) is 0.779. The third-order valence-corrected chi connectivity index (χ3v) is 4.07. The molecule has 2 aromatic rings. The van der Waals surface area contributed by atoms with Crippen molar-refractivity contribution >= 4 is 11.6 Å². The first-order valence-corrected chi connectivity index (χ1v) is 7.17. The highest BCUT2D eigenvalue weighted by molar-refractivity contribution is 5.91. The van der Waals surface area contributed by atoms with Gasteiger partial charge in [-0.25, -0.2) is 0 Å². The fraction of sp³-hybridized carbons (Fsp3) is 0.263. The van der Waals surface area contributed by atoms with Crippen molar-refractivity contribution in [2.75, 3.05) is 14.2 Å². The van der Waals surface area contributed by atoms with Gasteiger partial charge in [-0.2, -0.15) is 0 Å². The van der Waals surface area contributed by atoms with Crippen LogP contribution >= 0.6 is 0 Å². The first-order chi connectivity index (χ1) is 10.2.